The van der Waals surface area contributed by atoms with Crippen molar-refractivity contribution in [1.82, 2.24) is 0 Å². The summed E-state index contributed by atoms with van der Waals surface area (Å²) in [5.41, 5.74) is 0. The first-order valence-electron chi connectivity index (χ1n) is 42.8. The molecule has 0 saturated carbocycles. The molecule has 0 aromatic heterocycles. The molecule has 0 aliphatic carbocycles. The summed E-state index contributed by atoms with van der Waals surface area (Å²) in [6, 6.07) is 0. The summed E-state index contributed by atoms with van der Waals surface area (Å²) in [4.78, 5) is 73.0. The van der Waals surface area contributed by atoms with Crippen molar-refractivity contribution in [3.8, 4) is 0 Å². The van der Waals surface area contributed by atoms with Gasteiger partial charge in [0.2, 0.25) is 0 Å². The van der Waals surface area contributed by atoms with Gasteiger partial charge in [0.25, 0.3) is 0 Å². The Hall–Kier alpha value is -1.94. The van der Waals surface area contributed by atoms with E-state index in [9.17, 15) is 43.2 Å². The van der Waals surface area contributed by atoms with E-state index < -0.39 is 97.5 Å². The molecule has 0 aliphatic rings. The van der Waals surface area contributed by atoms with Crippen molar-refractivity contribution in [3.05, 3.63) is 0 Å². The number of aliphatic hydroxyl groups excluding tert-OH is 1. The Labute approximate surface area is 619 Å². The molecule has 0 bridgehead atoms. The van der Waals surface area contributed by atoms with Crippen molar-refractivity contribution >= 4 is 39.5 Å². The molecule has 5 atom stereocenters. The fraction of sp³-hybridized carbons (Fsp3) is 0.951. The zero-order valence-electron chi connectivity index (χ0n) is 65.9. The summed E-state index contributed by atoms with van der Waals surface area (Å²) in [6.45, 7) is 5.02. The van der Waals surface area contributed by atoms with Gasteiger partial charge in [0.15, 0.2) is 12.2 Å². The van der Waals surface area contributed by atoms with Gasteiger partial charge in [-0.15, -0.1) is 0 Å². The second-order valence-electron chi connectivity index (χ2n) is 29.5. The van der Waals surface area contributed by atoms with Gasteiger partial charge in [-0.2, -0.15) is 0 Å². The molecule has 101 heavy (non-hydrogen) atoms. The average molecular weight is 1480 g/mol. The Morgan fingerprint density at radius 3 is 0.584 bits per heavy atom. The molecule has 0 amide bonds. The molecule has 3 N–H and O–H groups in total. The molecule has 0 heterocycles. The number of hydrogen-bond acceptors (Lipinski definition) is 15. The van der Waals surface area contributed by atoms with Crippen LogP contribution in [0.25, 0.3) is 0 Å². The van der Waals surface area contributed by atoms with Crippen molar-refractivity contribution in [2.24, 2.45) is 0 Å². The van der Waals surface area contributed by atoms with Crippen LogP contribution >= 0.6 is 15.6 Å². The van der Waals surface area contributed by atoms with Crippen LogP contribution < -0.4 is 0 Å². The van der Waals surface area contributed by atoms with E-state index in [0.717, 1.165) is 89.9 Å². The Bertz CT molecular complexity index is 1910. The zero-order valence-corrected chi connectivity index (χ0v) is 67.7. The molecule has 0 aliphatic heterocycles. The normalized spacial score (nSPS) is 13.8. The SMILES string of the molecule is CCCCCCCCCCCCCCCCCCCCCCC(=O)O[C@H](COC(=O)CCCCCCCCCCCCCCCCCCCC)COP(=O)(O)OC[C@@H](O)COP(=O)(O)OC[C@@H](COC(=O)CCCCCCCCCCC)OC(=O)CCCCCCCCCCCCCCCC. The highest BCUT2D eigenvalue weighted by molar-refractivity contribution is 7.47. The van der Waals surface area contributed by atoms with Crippen molar-refractivity contribution in [3.63, 3.8) is 0 Å². The minimum atomic E-state index is -4.96. The third kappa shape index (κ3) is 76.1. The lowest BCUT2D eigenvalue weighted by Crippen LogP contribution is -2.30. The van der Waals surface area contributed by atoms with Crippen molar-refractivity contribution in [2.75, 3.05) is 39.6 Å². The van der Waals surface area contributed by atoms with Gasteiger partial charge in [-0.25, -0.2) is 9.13 Å². The highest BCUT2D eigenvalue weighted by Gasteiger charge is 2.30. The van der Waals surface area contributed by atoms with Crippen LogP contribution in [0.4, 0.5) is 0 Å². The standard InChI is InChI=1S/C82H160O17P2/c1-5-9-13-17-21-25-28-31-34-36-38-39-41-43-46-49-53-57-61-65-69-82(87)99-78(73-93-80(85)67-63-59-55-51-47-45-42-40-37-35-32-29-26-22-18-14-10-6-2)75-97-101(90,91)95-71-76(83)70-94-100(88,89)96-74-77(72-92-79(84)66-62-58-54-50-24-20-16-12-8-4)98-81(86)68-64-60-56-52-48-44-33-30-27-23-19-15-11-7-3/h76-78,83H,5-75H2,1-4H3,(H,88,89)(H,90,91)/t76-,77+,78+/m0/s1. The van der Waals surface area contributed by atoms with E-state index in [2.05, 4.69) is 27.7 Å². The first kappa shape index (κ1) is 99.1. The van der Waals surface area contributed by atoms with Crippen LogP contribution in [0.2, 0.25) is 0 Å². The minimum Gasteiger partial charge on any atom is -0.462 e. The lowest BCUT2D eigenvalue weighted by Gasteiger charge is -2.21. The van der Waals surface area contributed by atoms with E-state index in [0.29, 0.717) is 25.7 Å². The number of hydrogen-bond donors (Lipinski definition) is 3. The van der Waals surface area contributed by atoms with Gasteiger partial charge in [0.1, 0.15) is 19.3 Å². The Kier molecular flexibility index (Phi) is 74.8. The quantitative estimate of drug-likeness (QED) is 0.0222. The van der Waals surface area contributed by atoms with Crippen LogP contribution in [0.1, 0.15) is 445 Å². The molecule has 0 fully saturated rings. The lowest BCUT2D eigenvalue weighted by molar-refractivity contribution is -0.161. The molecule has 17 nitrogen and oxygen atoms in total. The van der Waals surface area contributed by atoms with Crippen LogP contribution in [0.5, 0.6) is 0 Å². The number of phosphoric ester groups is 2. The maximum atomic E-state index is 13.1. The molecule has 0 aromatic carbocycles. The Morgan fingerprint density at radius 2 is 0.396 bits per heavy atom. The van der Waals surface area contributed by atoms with Crippen LogP contribution in [0.15, 0.2) is 0 Å². The third-order valence-corrected chi connectivity index (χ3v) is 21.3. The summed E-state index contributed by atoms with van der Waals surface area (Å²) in [5.74, 6) is -2.10. The van der Waals surface area contributed by atoms with Crippen LogP contribution in [0.3, 0.4) is 0 Å². The average Bonchev–Trinajstić information content (AvgIpc) is 0.956. The Morgan fingerprint density at radius 1 is 0.238 bits per heavy atom. The maximum Gasteiger partial charge on any atom is 0.472 e. The minimum absolute atomic E-state index is 0.109. The second kappa shape index (κ2) is 76.3. The lowest BCUT2D eigenvalue weighted by atomic mass is 10.0. The summed E-state index contributed by atoms with van der Waals surface area (Å²) < 4.78 is 68.7. The third-order valence-electron chi connectivity index (χ3n) is 19.4. The van der Waals surface area contributed by atoms with Crippen molar-refractivity contribution in [1.29, 1.82) is 0 Å². The van der Waals surface area contributed by atoms with E-state index >= 15 is 0 Å². The number of carbonyl (C=O) groups excluding carboxylic acids is 4. The summed E-state index contributed by atoms with van der Waals surface area (Å²) in [5, 5.41) is 10.6. The van der Waals surface area contributed by atoms with Crippen LogP contribution in [-0.4, -0.2) is 96.7 Å². The topological polar surface area (TPSA) is 237 Å². The summed E-state index contributed by atoms with van der Waals surface area (Å²) in [6.07, 6.45) is 69.4. The van der Waals surface area contributed by atoms with E-state index in [4.69, 9.17) is 37.0 Å². The predicted octanol–water partition coefficient (Wildman–Crippen LogP) is 25.0. The molecule has 0 saturated heterocycles. The number of ether oxygens (including phenoxy) is 4. The number of phosphoric acid groups is 2. The highest BCUT2D eigenvalue weighted by Crippen LogP contribution is 2.45. The van der Waals surface area contributed by atoms with Crippen LogP contribution in [-0.2, 0) is 65.4 Å². The molecular formula is C82H160O17P2. The molecule has 0 rings (SSSR count). The maximum absolute atomic E-state index is 13.1. The van der Waals surface area contributed by atoms with Crippen molar-refractivity contribution in [2.45, 2.75) is 463 Å². The molecule has 0 aromatic rings. The number of carbonyl (C=O) groups is 4. The van der Waals surface area contributed by atoms with E-state index in [-0.39, 0.29) is 25.7 Å². The summed E-state index contributed by atoms with van der Waals surface area (Å²) in [7, 11) is -9.92. The second-order valence-corrected chi connectivity index (χ2v) is 32.4. The molecule has 0 spiro atoms. The smallest absolute Gasteiger partial charge is 0.462 e. The monoisotopic (exact) mass is 1480 g/mol. The van der Waals surface area contributed by atoms with Gasteiger partial charge in [-0.3, -0.25) is 37.3 Å². The highest BCUT2D eigenvalue weighted by atomic mass is 31.2. The first-order chi connectivity index (χ1) is 49.2. The van der Waals surface area contributed by atoms with Crippen molar-refractivity contribution < 1.29 is 80.2 Å². The largest absolute Gasteiger partial charge is 0.472 e. The van der Waals surface area contributed by atoms with Gasteiger partial charge in [0, 0.05) is 25.7 Å². The first-order valence-corrected chi connectivity index (χ1v) is 45.8. The number of unbranched alkanes of at least 4 members (excludes halogenated alkanes) is 57. The molecule has 0 radical (unpaired) electrons. The van der Waals surface area contributed by atoms with E-state index in [1.54, 1.807) is 0 Å². The Balaban J connectivity index is 5.21. The number of aliphatic hydroxyl groups is 1. The van der Waals surface area contributed by atoms with Crippen LogP contribution in [0, 0.1) is 0 Å². The van der Waals surface area contributed by atoms with Gasteiger partial charge in [-0.1, -0.05) is 394 Å². The predicted molar refractivity (Wildman–Crippen MR) is 414 cm³/mol. The summed E-state index contributed by atoms with van der Waals surface area (Å²) >= 11 is 0. The fourth-order valence-electron chi connectivity index (χ4n) is 12.8. The van der Waals surface area contributed by atoms with E-state index in [1.165, 1.54) is 276 Å². The molecule has 600 valence electrons. The molecule has 19 heteroatoms. The van der Waals surface area contributed by atoms with Gasteiger partial charge in [0.05, 0.1) is 26.4 Å². The van der Waals surface area contributed by atoms with Gasteiger partial charge in [-0.05, 0) is 25.7 Å². The molecule has 2 unspecified atom stereocenters. The fourth-order valence-corrected chi connectivity index (χ4v) is 14.4. The zero-order chi connectivity index (χ0) is 73.9. The molecular weight excluding hydrogens is 1320 g/mol. The number of rotatable bonds is 83. The van der Waals surface area contributed by atoms with Gasteiger partial charge < -0.3 is 33.8 Å². The van der Waals surface area contributed by atoms with Gasteiger partial charge >= 0.3 is 39.5 Å². The number of esters is 4. The van der Waals surface area contributed by atoms with E-state index in [1.807, 2.05) is 0 Å².